The lowest BCUT2D eigenvalue weighted by atomic mass is 10.0. The van der Waals surface area contributed by atoms with E-state index >= 15 is 0 Å². The van der Waals surface area contributed by atoms with Crippen molar-refractivity contribution >= 4 is 0 Å². The number of nitrogens with zero attached hydrogens (tertiary/aromatic N) is 2. The van der Waals surface area contributed by atoms with Gasteiger partial charge in [-0.15, -0.1) is 5.10 Å². The second-order valence-corrected chi connectivity index (χ2v) is 6.69. The van der Waals surface area contributed by atoms with Gasteiger partial charge in [-0.2, -0.15) is 5.10 Å². The van der Waals surface area contributed by atoms with Gasteiger partial charge in [0.15, 0.2) is 0 Å². The number of unbranched alkanes of at least 4 members (excludes halogenated alkanes) is 1. The molecular formula is C17H31N3O. The van der Waals surface area contributed by atoms with E-state index in [0.29, 0.717) is 11.8 Å². The van der Waals surface area contributed by atoms with Crippen LogP contribution in [-0.4, -0.2) is 22.3 Å². The maximum Gasteiger partial charge on any atom is 0.233 e. The normalized spacial score (nSPS) is 13.2. The second-order valence-electron chi connectivity index (χ2n) is 6.69. The summed E-state index contributed by atoms with van der Waals surface area (Å²) < 4.78 is 5.76. The zero-order chi connectivity index (χ0) is 15.7. The molecule has 4 nitrogen and oxygen atoms in total. The Morgan fingerprint density at radius 3 is 2.48 bits per heavy atom. The maximum atomic E-state index is 5.76. The first-order valence-corrected chi connectivity index (χ1v) is 8.15. The topological polar surface area (TPSA) is 47.0 Å². The third kappa shape index (κ3) is 8.00. The van der Waals surface area contributed by atoms with Gasteiger partial charge in [0.25, 0.3) is 0 Å². The van der Waals surface area contributed by atoms with Crippen molar-refractivity contribution in [2.24, 2.45) is 5.92 Å². The van der Waals surface area contributed by atoms with Crippen LogP contribution < -0.4 is 10.1 Å². The summed E-state index contributed by atoms with van der Waals surface area (Å²) in [5, 5.41) is 11.8. The fourth-order valence-corrected chi connectivity index (χ4v) is 1.98. The average molecular weight is 293 g/mol. The van der Waals surface area contributed by atoms with Gasteiger partial charge >= 0.3 is 0 Å². The molecule has 1 aromatic heterocycles. The maximum absolute atomic E-state index is 5.76. The van der Waals surface area contributed by atoms with E-state index in [1.807, 2.05) is 12.1 Å². The highest BCUT2D eigenvalue weighted by Gasteiger charge is 2.10. The van der Waals surface area contributed by atoms with E-state index in [4.69, 9.17) is 4.74 Å². The van der Waals surface area contributed by atoms with Crippen LogP contribution in [0.25, 0.3) is 0 Å². The van der Waals surface area contributed by atoms with Gasteiger partial charge in [-0.25, -0.2) is 0 Å². The summed E-state index contributed by atoms with van der Waals surface area (Å²) in [6.07, 6.45) is 4.89. The molecule has 0 saturated carbocycles. The largest absolute Gasteiger partial charge is 0.476 e. The van der Waals surface area contributed by atoms with Crippen molar-refractivity contribution in [2.75, 3.05) is 6.61 Å². The lowest BCUT2D eigenvalue weighted by Crippen LogP contribution is -2.35. The molecule has 1 heterocycles. The van der Waals surface area contributed by atoms with Gasteiger partial charge in [0, 0.05) is 18.2 Å². The first-order chi connectivity index (χ1) is 9.94. The molecule has 0 amide bonds. The molecule has 120 valence electrons. The zero-order valence-corrected chi connectivity index (χ0v) is 14.3. The van der Waals surface area contributed by atoms with Crippen LogP contribution in [0.5, 0.6) is 5.88 Å². The monoisotopic (exact) mass is 293 g/mol. The zero-order valence-electron chi connectivity index (χ0n) is 14.3. The molecule has 0 radical (unpaired) electrons. The minimum atomic E-state index is 0.0878. The van der Waals surface area contributed by atoms with Gasteiger partial charge in [0.2, 0.25) is 5.88 Å². The molecule has 0 spiro atoms. The summed E-state index contributed by atoms with van der Waals surface area (Å²) in [7, 11) is 0. The molecule has 4 heteroatoms. The van der Waals surface area contributed by atoms with Crippen molar-refractivity contribution in [3.63, 3.8) is 0 Å². The van der Waals surface area contributed by atoms with Gasteiger partial charge in [0.05, 0.1) is 12.3 Å². The van der Waals surface area contributed by atoms with Crippen LogP contribution >= 0.6 is 0 Å². The minimum absolute atomic E-state index is 0.0878. The van der Waals surface area contributed by atoms with Gasteiger partial charge in [-0.3, -0.25) is 0 Å². The average Bonchev–Trinajstić information content (AvgIpc) is 2.46. The molecule has 0 saturated heterocycles. The van der Waals surface area contributed by atoms with Crippen LogP contribution in [0.3, 0.4) is 0 Å². The first-order valence-electron chi connectivity index (χ1n) is 8.15. The summed E-state index contributed by atoms with van der Waals surface area (Å²) >= 11 is 0. The Hall–Kier alpha value is -1.16. The van der Waals surface area contributed by atoms with Crippen molar-refractivity contribution < 1.29 is 4.74 Å². The van der Waals surface area contributed by atoms with Gasteiger partial charge in [-0.05, 0) is 39.2 Å². The minimum Gasteiger partial charge on any atom is -0.476 e. The lowest BCUT2D eigenvalue weighted by molar-refractivity contribution is 0.223. The summed E-state index contributed by atoms with van der Waals surface area (Å²) in [6.45, 7) is 12.3. The molecule has 0 bridgehead atoms. The van der Waals surface area contributed by atoms with Crippen LogP contribution in [0.4, 0.5) is 0 Å². The lowest BCUT2D eigenvalue weighted by Gasteiger charge is -2.20. The Morgan fingerprint density at radius 2 is 1.95 bits per heavy atom. The molecule has 1 atom stereocenters. The number of hydrogen-bond donors (Lipinski definition) is 1. The van der Waals surface area contributed by atoms with Crippen LogP contribution in [0, 0.1) is 5.92 Å². The van der Waals surface area contributed by atoms with E-state index in [9.17, 15) is 0 Å². The molecule has 0 aliphatic heterocycles. The van der Waals surface area contributed by atoms with E-state index in [0.717, 1.165) is 25.3 Å². The fourth-order valence-electron chi connectivity index (χ4n) is 1.98. The number of ether oxygens (including phenoxy) is 1. The molecule has 0 aliphatic rings. The van der Waals surface area contributed by atoms with Crippen molar-refractivity contribution in [3.8, 4) is 5.88 Å². The number of nitrogens with one attached hydrogen (secondary N) is 1. The molecule has 0 aliphatic carbocycles. The quantitative estimate of drug-likeness (QED) is 0.748. The number of aromatic nitrogens is 2. The van der Waals surface area contributed by atoms with E-state index in [2.05, 4.69) is 50.1 Å². The van der Waals surface area contributed by atoms with Crippen LogP contribution in [0.1, 0.15) is 66.0 Å². The summed E-state index contributed by atoms with van der Waals surface area (Å²) in [4.78, 5) is 0. The standard InChI is InChI=1S/C17H31N3O/c1-6-8-9-14(7-2)13-21-16-11-10-15(19-20-16)12-18-17(3,4)5/h10-11,14,18H,6-9,12-13H2,1-5H3. The molecule has 0 fully saturated rings. The highest BCUT2D eigenvalue weighted by Crippen LogP contribution is 2.15. The van der Waals surface area contributed by atoms with Crippen molar-refractivity contribution in [1.29, 1.82) is 0 Å². The van der Waals surface area contributed by atoms with Crippen LogP contribution in [0.2, 0.25) is 0 Å². The molecule has 0 aromatic carbocycles. The molecule has 1 rings (SSSR count). The van der Waals surface area contributed by atoms with E-state index in [-0.39, 0.29) is 5.54 Å². The SMILES string of the molecule is CCCCC(CC)COc1ccc(CNC(C)(C)C)nn1. The van der Waals surface area contributed by atoms with E-state index < -0.39 is 0 Å². The van der Waals surface area contributed by atoms with E-state index in [1.165, 1.54) is 19.3 Å². The molecular weight excluding hydrogens is 262 g/mol. The van der Waals surface area contributed by atoms with Crippen molar-refractivity contribution in [1.82, 2.24) is 15.5 Å². The highest BCUT2D eigenvalue weighted by atomic mass is 16.5. The predicted octanol–water partition coefficient (Wildman–Crippen LogP) is 3.96. The van der Waals surface area contributed by atoms with Gasteiger partial charge in [0.1, 0.15) is 0 Å². The third-order valence-electron chi connectivity index (χ3n) is 3.51. The Kier molecular flexibility index (Phi) is 7.65. The van der Waals surface area contributed by atoms with Crippen LogP contribution in [-0.2, 0) is 6.54 Å². The van der Waals surface area contributed by atoms with Gasteiger partial charge in [-0.1, -0.05) is 33.1 Å². The second kappa shape index (κ2) is 8.98. The molecule has 1 N–H and O–H groups in total. The molecule has 1 unspecified atom stereocenters. The predicted molar refractivity (Wildman–Crippen MR) is 87.4 cm³/mol. The Labute approximate surface area is 129 Å². The Morgan fingerprint density at radius 1 is 1.19 bits per heavy atom. The summed E-state index contributed by atoms with van der Waals surface area (Å²) in [6, 6.07) is 3.90. The third-order valence-corrected chi connectivity index (χ3v) is 3.51. The van der Waals surface area contributed by atoms with Crippen molar-refractivity contribution in [2.45, 2.75) is 72.4 Å². The fraction of sp³-hybridized carbons (Fsp3) is 0.765. The summed E-state index contributed by atoms with van der Waals surface area (Å²) in [5.41, 5.74) is 1.03. The summed E-state index contributed by atoms with van der Waals surface area (Å²) in [5.74, 6) is 1.25. The highest BCUT2D eigenvalue weighted by molar-refractivity contribution is 5.11. The number of hydrogen-bond acceptors (Lipinski definition) is 4. The smallest absolute Gasteiger partial charge is 0.233 e. The number of rotatable bonds is 9. The van der Waals surface area contributed by atoms with Crippen LogP contribution in [0.15, 0.2) is 12.1 Å². The molecule has 21 heavy (non-hydrogen) atoms. The van der Waals surface area contributed by atoms with E-state index in [1.54, 1.807) is 0 Å². The Bertz CT molecular complexity index is 384. The Balaban J connectivity index is 2.39. The van der Waals surface area contributed by atoms with Crippen molar-refractivity contribution in [3.05, 3.63) is 17.8 Å². The first kappa shape index (κ1) is 17.9. The molecule has 1 aromatic rings. The van der Waals surface area contributed by atoms with Gasteiger partial charge < -0.3 is 10.1 Å².